The van der Waals surface area contributed by atoms with E-state index in [-0.39, 0.29) is 17.9 Å². The molecule has 0 aliphatic rings. The predicted octanol–water partition coefficient (Wildman–Crippen LogP) is 1.93. The van der Waals surface area contributed by atoms with Gasteiger partial charge < -0.3 is 0 Å². The van der Waals surface area contributed by atoms with E-state index in [1.54, 1.807) is 0 Å². The van der Waals surface area contributed by atoms with Crippen molar-refractivity contribution in [2.45, 2.75) is 6.42 Å². The standard InChI is InChI=1S/C9H11F2NO2S/c10-6-1-7-15(13,14)12-9-4-2-8(11)3-5-9/h2-5,12H,1,6-7H2. The molecule has 1 aromatic carbocycles. The Bertz CT molecular complexity index is 403. The average Bonchev–Trinajstić information content (AvgIpc) is 2.18. The zero-order valence-electron chi connectivity index (χ0n) is 7.91. The van der Waals surface area contributed by atoms with Crippen LogP contribution in [0, 0.1) is 5.82 Å². The molecule has 1 rings (SSSR count). The molecular formula is C9H11F2NO2S. The normalized spacial score (nSPS) is 11.3. The molecule has 84 valence electrons. The minimum absolute atomic E-state index is 0.0451. The number of sulfonamides is 1. The van der Waals surface area contributed by atoms with Crippen molar-refractivity contribution < 1.29 is 17.2 Å². The van der Waals surface area contributed by atoms with Crippen LogP contribution in [0.25, 0.3) is 0 Å². The summed E-state index contributed by atoms with van der Waals surface area (Å²) in [6.07, 6.45) is -0.0451. The number of hydrogen-bond acceptors (Lipinski definition) is 2. The van der Waals surface area contributed by atoms with Crippen LogP contribution in [-0.4, -0.2) is 20.8 Å². The molecule has 0 saturated carbocycles. The number of benzene rings is 1. The SMILES string of the molecule is O=S(=O)(CCCF)Nc1ccc(F)cc1. The predicted molar refractivity (Wildman–Crippen MR) is 54.4 cm³/mol. The highest BCUT2D eigenvalue weighted by Crippen LogP contribution is 2.10. The number of rotatable bonds is 5. The minimum atomic E-state index is -3.52. The van der Waals surface area contributed by atoms with Gasteiger partial charge in [0.2, 0.25) is 10.0 Å². The molecule has 6 heteroatoms. The van der Waals surface area contributed by atoms with Crippen molar-refractivity contribution in [2.24, 2.45) is 0 Å². The zero-order chi connectivity index (χ0) is 11.3. The zero-order valence-corrected chi connectivity index (χ0v) is 8.73. The fraction of sp³-hybridized carbons (Fsp3) is 0.333. The summed E-state index contributed by atoms with van der Waals surface area (Å²) in [6.45, 7) is -0.676. The molecule has 0 aromatic heterocycles. The molecular weight excluding hydrogens is 224 g/mol. The fourth-order valence-electron chi connectivity index (χ4n) is 0.993. The summed E-state index contributed by atoms with van der Waals surface area (Å²) >= 11 is 0. The highest BCUT2D eigenvalue weighted by atomic mass is 32.2. The number of anilines is 1. The molecule has 0 fully saturated rings. The van der Waals surface area contributed by atoms with Crippen LogP contribution >= 0.6 is 0 Å². The van der Waals surface area contributed by atoms with E-state index in [1.165, 1.54) is 12.1 Å². The number of hydrogen-bond donors (Lipinski definition) is 1. The van der Waals surface area contributed by atoms with E-state index in [0.717, 1.165) is 12.1 Å². The lowest BCUT2D eigenvalue weighted by atomic mass is 10.3. The van der Waals surface area contributed by atoms with E-state index in [1.807, 2.05) is 0 Å². The van der Waals surface area contributed by atoms with Gasteiger partial charge in [-0.3, -0.25) is 9.11 Å². The van der Waals surface area contributed by atoms with Gasteiger partial charge in [0.05, 0.1) is 12.4 Å². The largest absolute Gasteiger partial charge is 0.284 e. The highest BCUT2D eigenvalue weighted by molar-refractivity contribution is 7.92. The molecule has 0 unspecified atom stereocenters. The third-order valence-corrected chi connectivity index (χ3v) is 3.04. The Kier molecular flexibility index (Phi) is 4.02. The fourth-order valence-corrected chi connectivity index (χ4v) is 2.08. The first kappa shape index (κ1) is 11.9. The highest BCUT2D eigenvalue weighted by Gasteiger charge is 2.09. The van der Waals surface area contributed by atoms with Gasteiger partial charge in [0.1, 0.15) is 5.82 Å². The van der Waals surface area contributed by atoms with Crippen LogP contribution in [-0.2, 0) is 10.0 Å². The Hall–Kier alpha value is -1.17. The van der Waals surface area contributed by atoms with E-state index in [9.17, 15) is 17.2 Å². The third kappa shape index (κ3) is 4.24. The van der Waals surface area contributed by atoms with Crippen molar-refractivity contribution in [3.05, 3.63) is 30.1 Å². The van der Waals surface area contributed by atoms with E-state index in [4.69, 9.17) is 0 Å². The lowest BCUT2D eigenvalue weighted by Crippen LogP contribution is -2.16. The second kappa shape index (κ2) is 5.06. The van der Waals surface area contributed by atoms with E-state index in [2.05, 4.69) is 4.72 Å². The summed E-state index contributed by atoms with van der Waals surface area (Å²) < 4.78 is 49.0. The van der Waals surface area contributed by atoms with Crippen LogP contribution in [0.5, 0.6) is 0 Å². The first-order valence-electron chi connectivity index (χ1n) is 4.35. The molecule has 0 saturated heterocycles. The van der Waals surface area contributed by atoms with Crippen molar-refractivity contribution in [2.75, 3.05) is 17.1 Å². The summed E-state index contributed by atoms with van der Waals surface area (Å²) in [6, 6.07) is 4.91. The summed E-state index contributed by atoms with van der Waals surface area (Å²) in [5, 5.41) is 0. The Balaban J connectivity index is 2.65. The topological polar surface area (TPSA) is 46.2 Å². The maximum atomic E-state index is 12.5. The number of halogens is 2. The van der Waals surface area contributed by atoms with Gasteiger partial charge in [-0.1, -0.05) is 0 Å². The molecule has 1 aromatic rings. The average molecular weight is 235 g/mol. The van der Waals surface area contributed by atoms with Gasteiger partial charge in [-0.25, -0.2) is 12.8 Å². The Morgan fingerprint density at radius 2 is 1.80 bits per heavy atom. The molecule has 0 spiro atoms. The molecule has 0 aliphatic heterocycles. The van der Waals surface area contributed by atoms with Gasteiger partial charge in [0.25, 0.3) is 0 Å². The van der Waals surface area contributed by atoms with Crippen LogP contribution in [0.2, 0.25) is 0 Å². The molecule has 0 amide bonds. The summed E-state index contributed by atoms with van der Waals surface area (Å²) in [4.78, 5) is 0. The van der Waals surface area contributed by atoms with Crippen molar-refractivity contribution in [1.29, 1.82) is 0 Å². The molecule has 3 nitrogen and oxygen atoms in total. The van der Waals surface area contributed by atoms with Crippen LogP contribution in [0.15, 0.2) is 24.3 Å². The summed E-state index contributed by atoms with van der Waals surface area (Å²) in [5.74, 6) is -0.720. The van der Waals surface area contributed by atoms with Gasteiger partial charge in [-0.15, -0.1) is 0 Å². The summed E-state index contributed by atoms with van der Waals surface area (Å²) in [5.41, 5.74) is 0.273. The van der Waals surface area contributed by atoms with Crippen LogP contribution in [0.4, 0.5) is 14.5 Å². The molecule has 15 heavy (non-hydrogen) atoms. The van der Waals surface area contributed by atoms with Crippen molar-refractivity contribution in [3.8, 4) is 0 Å². The molecule has 1 N–H and O–H groups in total. The Labute approximate surface area is 87.2 Å². The van der Waals surface area contributed by atoms with Gasteiger partial charge in [0, 0.05) is 5.69 Å². The quantitative estimate of drug-likeness (QED) is 0.847. The lowest BCUT2D eigenvalue weighted by Gasteiger charge is -2.06. The van der Waals surface area contributed by atoms with Crippen molar-refractivity contribution >= 4 is 15.7 Å². The lowest BCUT2D eigenvalue weighted by molar-refractivity contribution is 0.484. The van der Waals surface area contributed by atoms with Crippen LogP contribution in [0.1, 0.15) is 6.42 Å². The van der Waals surface area contributed by atoms with Crippen molar-refractivity contribution in [3.63, 3.8) is 0 Å². The molecule has 0 aliphatic carbocycles. The van der Waals surface area contributed by atoms with Crippen LogP contribution < -0.4 is 4.72 Å². The number of nitrogens with one attached hydrogen (secondary N) is 1. The van der Waals surface area contributed by atoms with Gasteiger partial charge in [-0.05, 0) is 30.7 Å². The van der Waals surface area contributed by atoms with Crippen LogP contribution in [0.3, 0.4) is 0 Å². The number of alkyl halides is 1. The second-order valence-corrected chi connectivity index (χ2v) is 4.81. The Morgan fingerprint density at radius 3 is 2.33 bits per heavy atom. The Morgan fingerprint density at radius 1 is 1.20 bits per heavy atom. The first-order chi connectivity index (χ1) is 7.03. The smallest absolute Gasteiger partial charge is 0.232 e. The maximum absolute atomic E-state index is 12.5. The van der Waals surface area contributed by atoms with E-state index in [0.29, 0.717) is 0 Å². The molecule has 0 atom stereocenters. The second-order valence-electron chi connectivity index (χ2n) is 2.97. The van der Waals surface area contributed by atoms with Gasteiger partial charge in [0.15, 0.2) is 0 Å². The maximum Gasteiger partial charge on any atom is 0.232 e. The van der Waals surface area contributed by atoms with Gasteiger partial charge in [-0.2, -0.15) is 0 Å². The molecule has 0 radical (unpaired) electrons. The first-order valence-corrected chi connectivity index (χ1v) is 6.01. The van der Waals surface area contributed by atoms with E-state index >= 15 is 0 Å². The molecule has 0 bridgehead atoms. The summed E-state index contributed by atoms with van der Waals surface area (Å²) in [7, 11) is -3.52. The minimum Gasteiger partial charge on any atom is -0.284 e. The third-order valence-electron chi connectivity index (χ3n) is 1.66. The van der Waals surface area contributed by atoms with Crippen molar-refractivity contribution in [1.82, 2.24) is 0 Å². The monoisotopic (exact) mass is 235 g/mol. The van der Waals surface area contributed by atoms with E-state index < -0.39 is 22.5 Å². The van der Waals surface area contributed by atoms with Gasteiger partial charge >= 0.3 is 0 Å². The molecule has 0 heterocycles.